The molecule has 29 heavy (non-hydrogen) atoms. The van der Waals surface area contributed by atoms with E-state index in [1.807, 2.05) is 36.7 Å². The smallest absolute Gasteiger partial charge is 0.252 e. The molecular weight excluding hydrogens is 368 g/mol. The molecule has 7 heteroatoms. The summed E-state index contributed by atoms with van der Waals surface area (Å²) in [6.45, 7) is 5.92. The quantitative estimate of drug-likeness (QED) is 0.622. The molecule has 1 aliphatic heterocycles. The number of ether oxygens (including phenoxy) is 2. The second-order valence-corrected chi connectivity index (χ2v) is 7.24. The summed E-state index contributed by atoms with van der Waals surface area (Å²) in [7, 11) is 0. The summed E-state index contributed by atoms with van der Waals surface area (Å²) in [5, 5.41) is 2.95. The average Bonchev–Trinajstić information content (AvgIpc) is 3.40. The van der Waals surface area contributed by atoms with Gasteiger partial charge in [-0.2, -0.15) is 0 Å². The van der Waals surface area contributed by atoms with E-state index in [1.165, 1.54) is 0 Å². The van der Waals surface area contributed by atoms with E-state index in [4.69, 9.17) is 9.47 Å². The number of carbonyl (C=O) groups excluding carboxylic acids is 1. The number of benzene rings is 1. The Hall–Kier alpha value is -3.35. The van der Waals surface area contributed by atoms with E-state index in [0.29, 0.717) is 23.8 Å². The lowest BCUT2D eigenvalue weighted by Gasteiger charge is -2.11. The Morgan fingerprint density at radius 3 is 2.83 bits per heavy atom. The molecule has 0 fully saturated rings. The molecule has 0 radical (unpaired) electrons. The predicted molar refractivity (Wildman–Crippen MR) is 109 cm³/mol. The lowest BCUT2D eigenvalue weighted by molar-refractivity contribution is 0.0952. The number of hydrogen-bond donors (Lipinski definition) is 1. The van der Waals surface area contributed by atoms with Crippen molar-refractivity contribution in [2.45, 2.75) is 32.7 Å². The van der Waals surface area contributed by atoms with Crippen LogP contribution in [0.5, 0.6) is 11.5 Å². The van der Waals surface area contributed by atoms with Crippen molar-refractivity contribution in [3.63, 3.8) is 0 Å². The fourth-order valence-corrected chi connectivity index (χ4v) is 3.32. The fraction of sp³-hybridized carbons (Fsp3) is 0.318. The Morgan fingerprint density at radius 1 is 1.17 bits per heavy atom. The van der Waals surface area contributed by atoms with E-state index in [0.717, 1.165) is 35.8 Å². The molecule has 1 N–H and O–H groups in total. The number of nitrogens with zero attached hydrogens (tertiary/aromatic N) is 3. The molecule has 150 valence electrons. The zero-order valence-electron chi connectivity index (χ0n) is 16.6. The molecule has 1 aromatic carbocycles. The van der Waals surface area contributed by atoms with Crippen LogP contribution in [0.4, 0.5) is 0 Å². The number of carbonyl (C=O) groups is 1. The molecule has 2 aromatic heterocycles. The van der Waals surface area contributed by atoms with Gasteiger partial charge in [-0.25, -0.2) is 4.98 Å². The van der Waals surface area contributed by atoms with Crippen LogP contribution in [0.3, 0.4) is 0 Å². The van der Waals surface area contributed by atoms with Crippen molar-refractivity contribution in [1.29, 1.82) is 0 Å². The molecular formula is C22H24N4O3. The van der Waals surface area contributed by atoms with Gasteiger partial charge < -0.3 is 19.4 Å². The highest BCUT2D eigenvalue weighted by Crippen LogP contribution is 2.35. The number of pyridine rings is 1. The number of nitrogens with one attached hydrogen (secondary N) is 1. The topological polar surface area (TPSA) is 78.3 Å². The number of imidazole rings is 1. The maximum atomic E-state index is 12.4. The minimum Gasteiger partial charge on any atom is -0.454 e. The third kappa shape index (κ3) is 4.23. The third-order valence-electron chi connectivity index (χ3n) is 4.82. The zero-order chi connectivity index (χ0) is 20.2. The number of amides is 1. The molecule has 0 saturated carbocycles. The largest absolute Gasteiger partial charge is 0.454 e. The van der Waals surface area contributed by atoms with Crippen molar-refractivity contribution in [3.05, 3.63) is 60.3 Å². The SMILES string of the molecule is CC(C)c1nccn1CCCNC(=O)c1ccc(-c2ccc3c(c2)OCO3)nc1. The maximum absolute atomic E-state index is 12.4. The van der Waals surface area contributed by atoms with Crippen LogP contribution in [0.25, 0.3) is 11.3 Å². The molecule has 4 rings (SSSR count). The number of aromatic nitrogens is 3. The zero-order valence-corrected chi connectivity index (χ0v) is 16.6. The Labute approximate surface area is 169 Å². The van der Waals surface area contributed by atoms with Crippen LogP contribution < -0.4 is 14.8 Å². The van der Waals surface area contributed by atoms with Crippen molar-refractivity contribution >= 4 is 5.91 Å². The highest BCUT2D eigenvalue weighted by molar-refractivity contribution is 5.94. The summed E-state index contributed by atoms with van der Waals surface area (Å²) in [6.07, 6.45) is 6.24. The molecule has 7 nitrogen and oxygen atoms in total. The average molecular weight is 392 g/mol. The minimum atomic E-state index is -0.121. The first-order chi connectivity index (χ1) is 14.1. The van der Waals surface area contributed by atoms with Gasteiger partial charge in [0.25, 0.3) is 5.91 Å². The van der Waals surface area contributed by atoms with Crippen molar-refractivity contribution in [2.75, 3.05) is 13.3 Å². The first-order valence-electron chi connectivity index (χ1n) is 9.77. The van der Waals surface area contributed by atoms with Gasteiger partial charge in [-0.1, -0.05) is 13.8 Å². The molecule has 3 aromatic rings. The van der Waals surface area contributed by atoms with E-state index in [2.05, 4.69) is 33.7 Å². The lowest BCUT2D eigenvalue weighted by Crippen LogP contribution is -2.25. The second-order valence-electron chi connectivity index (χ2n) is 7.24. The Morgan fingerprint density at radius 2 is 2.03 bits per heavy atom. The molecule has 0 aliphatic carbocycles. The number of aryl methyl sites for hydroxylation is 1. The number of fused-ring (bicyclic) bond motifs is 1. The highest BCUT2D eigenvalue weighted by Gasteiger charge is 2.15. The van der Waals surface area contributed by atoms with Gasteiger partial charge in [-0.05, 0) is 36.8 Å². The second kappa shape index (κ2) is 8.34. The molecule has 1 amide bonds. The Kier molecular flexibility index (Phi) is 5.46. The summed E-state index contributed by atoms with van der Waals surface area (Å²) >= 11 is 0. The monoisotopic (exact) mass is 392 g/mol. The van der Waals surface area contributed by atoms with Crippen LogP contribution in [0, 0.1) is 0 Å². The molecule has 0 saturated heterocycles. The molecule has 0 atom stereocenters. The van der Waals surface area contributed by atoms with Crippen LogP contribution in [0.1, 0.15) is 42.4 Å². The summed E-state index contributed by atoms with van der Waals surface area (Å²) in [5.74, 6) is 2.78. The van der Waals surface area contributed by atoms with Crippen LogP contribution >= 0.6 is 0 Å². The summed E-state index contributed by atoms with van der Waals surface area (Å²) < 4.78 is 12.9. The number of rotatable bonds is 7. The minimum absolute atomic E-state index is 0.121. The maximum Gasteiger partial charge on any atom is 0.252 e. The van der Waals surface area contributed by atoms with Gasteiger partial charge in [-0.15, -0.1) is 0 Å². The van der Waals surface area contributed by atoms with Gasteiger partial charge in [0.15, 0.2) is 11.5 Å². The van der Waals surface area contributed by atoms with Gasteiger partial charge >= 0.3 is 0 Å². The number of hydrogen-bond acceptors (Lipinski definition) is 5. The summed E-state index contributed by atoms with van der Waals surface area (Å²) in [6, 6.07) is 9.32. The van der Waals surface area contributed by atoms with E-state index < -0.39 is 0 Å². The Bertz CT molecular complexity index is 996. The van der Waals surface area contributed by atoms with Gasteiger partial charge in [0.05, 0.1) is 11.3 Å². The van der Waals surface area contributed by atoms with Gasteiger partial charge in [0.2, 0.25) is 6.79 Å². The first-order valence-corrected chi connectivity index (χ1v) is 9.77. The van der Waals surface area contributed by atoms with Crippen molar-refractivity contribution < 1.29 is 14.3 Å². The molecule has 1 aliphatic rings. The third-order valence-corrected chi connectivity index (χ3v) is 4.82. The lowest BCUT2D eigenvalue weighted by atomic mass is 10.1. The predicted octanol–water partition coefficient (Wildman–Crippen LogP) is 3.62. The van der Waals surface area contributed by atoms with Crippen molar-refractivity contribution in [3.8, 4) is 22.8 Å². The highest BCUT2D eigenvalue weighted by atomic mass is 16.7. The van der Waals surface area contributed by atoms with Crippen LogP contribution in [-0.4, -0.2) is 33.8 Å². The molecule has 3 heterocycles. The molecule has 0 unspecified atom stereocenters. The van der Waals surface area contributed by atoms with Gasteiger partial charge in [-0.3, -0.25) is 9.78 Å². The van der Waals surface area contributed by atoms with Crippen LogP contribution in [0.2, 0.25) is 0 Å². The fourth-order valence-electron chi connectivity index (χ4n) is 3.32. The standard InChI is InChI=1S/C22H24N4O3/c1-15(2)21-23-9-11-26(21)10-3-8-24-22(27)17-4-6-18(25-13-17)16-5-7-19-20(12-16)29-14-28-19/h4-7,9,11-13,15H,3,8,10,14H2,1-2H3,(H,24,27). The summed E-state index contributed by atoms with van der Waals surface area (Å²) in [5.41, 5.74) is 2.24. The van der Waals surface area contributed by atoms with Gasteiger partial charge in [0.1, 0.15) is 5.82 Å². The summed E-state index contributed by atoms with van der Waals surface area (Å²) in [4.78, 5) is 21.2. The van der Waals surface area contributed by atoms with E-state index >= 15 is 0 Å². The van der Waals surface area contributed by atoms with Crippen LogP contribution in [-0.2, 0) is 6.54 Å². The van der Waals surface area contributed by atoms with Crippen LogP contribution in [0.15, 0.2) is 48.9 Å². The van der Waals surface area contributed by atoms with Crippen molar-refractivity contribution in [2.24, 2.45) is 0 Å². The van der Waals surface area contributed by atoms with Gasteiger partial charge in [0, 0.05) is 43.2 Å². The Balaban J connectivity index is 1.31. The van der Waals surface area contributed by atoms with E-state index in [9.17, 15) is 4.79 Å². The van der Waals surface area contributed by atoms with E-state index in [1.54, 1.807) is 12.3 Å². The normalized spacial score (nSPS) is 12.4. The first kappa shape index (κ1) is 19.0. The molecule has 0 spiro atoms. The molecule has 0 bridgehead atoms. The van der Waals surface area contributed by atoms with E-state index in [-0.39, 0.29) is 12.7 Å². The van der Waals surface area contributed by atoms with Crippen molar-refractivity contribution in [1.82, 2.24) is 19.9 Å².